The van der Waals surface area contributed by atoms with E-state index in [1.807, 2.05) is 6.07 Å². The zero-order chi connectivity index (χ0) is 14.4. The molecule has 0 atom stereocenters. The number of anilines is 1. The summed E-state index contributed by atoms with van der Waals surface area (Å²) in [4.78, 5) is 22.8. The molecule has 0 aromatic heterocycles. The van der Waals surface area contributed by atoms with E-state index in [1.165, 1.54) is 25.3 Å². The number of ether oxygens (including phenoxy) is 1. The molecule has 1 aromatic carbocycles. The number of esters is 1. The van der Waals surface area contributed by atoms with Gasteiger partial charge in [-0.05, 0) is 6.07 Å². The molecular formula is C12H13N3O4. The highest BCUT2D eigenvalue weighted by molar-refractivity contribution is 5.70. The number of non-ortho nitro benzene ring substituents is 1. The lowest BCUT2D eigenvalue weighted by Gasteiger charge is -2.19. The molecule has 1 aromatic rings. The summed E-state index contributed by atoms with van der Waals surface area (Å²) in [5.41, 5.74) is 0.597. The first-order valence-corrected chi connectivity index (χ1v) is 5.46. The highest BCUT2D eigenvalue weighted by Crippen LogP contribution is 2.24. The van der Waals surface area contributed by atoms with Gasteiger partial charge >= 0.3 is 5.97 Å². The lowest BCUT2D eigenvalue weighted by Crippen LogP contribution is -2.22. The van der Waals surface area contributed by atoms with Crippen LogP contribution in [0.3, 0.4) is 0 Å². The van der Waals surface area contributed by atoms with Crippen molar-refractivity contribution in [1.82, 2.24) is 0 Å². The van der Waals surface area contributed by atoms with Gasteiger partial charge in [0, 0.05) is 25.7 Å². The third-order valence-electron chi connectivity index (χ3n) is 2.60. The Kier molecular flexibility index (Phi) is 4.83. The molecule has 100 valence electrons. The van der Waals surface area contributed by atoms with Crippen molar-refractivity contribution >= 4 is 17.3 Å². The van der Waals surface area contributed by atoms with Crippen molar-refractivity contribution in [3.63, 3.8) is 0 Å². The number of benzene rings is 1. The van der Waals surface area contributed by atoms with Gasteiger partial charge in [0.1, 0.15) is 6.07 Å². The molecule has 0 bridgehead atoms. The summed E-state index contributed by atoms with van der Waals surface area (Å²) >= 11 is 0. The van der Waals surface area contributed by atoms with Crippen molar-refractivity contribution in [3.8, 4) is 6.07 Å². The van der Waals surface area contributed by atoms with Gasteiger partial charge in [-0.3, -0.25) is 14.9 Å². The van der Waals surface area contributed by atoms with Crippen molar-refractivity contribution in [1.29, 1.82) is 5.26 Å². The zero-order valence-electron chi connectivity index (χ0n) is 10.6. The Labute approximate surface area is 110 Å². The van der Waals surface area contributed by atoms with Crippen LogP contribution in [0.15, 0.2) is 18.2 Å². The van der Waals surface area contributed by atoms with E-state index >= 15 is 0 Å². The van der Waals surface area contributed by atoms with Gasteiger partial charge in [0.15, 0.2) is 0 Å². The molecule has 0 spiro atoms. The first kappa shape index (κ1) is 14.4. The molecule has 1 rings (SSSR count). The zero-order valence-corrected chi connectivity index (χ0v) is 10.6. The highest BCUT2D eigenvalue weighted by Gasteiger charge is 2.14. The summed E-state index contributed by atoms with van der Waals surface area (Å²) in [5.74, 6) is -0.354. The number of nitrogens with zero attached hydrogens (tertiary/aromatic N) is 3. The average Bonchev–Trinajstić information content (AvgIpc) is 2.43. The number of hydrogen-bond acceptors (Lipinski definition) is 6. The molecule has 0 amide bonds. The van der Waals surface area contributed by atoms with Crippen LogP contribution in [-0.4, -0.2) is 31.6 Å². The van der Waals surface area contributed by atoms with Crippen molar-refractivity contribution < 1.29 is 14.5 Å². The molecule has 0 aliphatic rings. The molecule has 0 N–H and O–H groups in total. The molecule has 7 nitrogen and oxygen atoms in total. The quantitative estimate of drug-likeness (QED) is 0.453. The third kappa shape index (κ3) is 3.67. The molecule has 19 heavy (non-hydrogen) atoms. The van der Waals surface area contributed by atoms with E-state index in [0.717, 1.165) is 0 Å². The van der Waals surface area contributed by atoms with E-state index in [0.29, 0.717) is 12.2 Å². The number of nitro groups is 1. The largest absolute Gasteiger partial charge is 0.469 e. The first-order chi connectivity index (χ1) is 8.99. The summed E-state index contributed by atoms with van der Waals surface area (Å²) in [7, 11) is 3.00. The van der Waals surface area contributed by atoms with Crippen molar-refractivity contribution in [2.24, 2.45) is 0 Å². The first-order valence-electron chi connectivity index (χ1n) is 5.46. The summed E-state index contributed by atoms with van der Waals surface area (Å²) in [6.45, 7) is 0.360. The average molecular weight is 263 g/mol. The van der Waals surface area contributed by atoms with Gasteiger partial charge in [0.25, 0.3) is 5.69 Å². The van der Waals surface area contributed by atoms with Gasteiger partial charge in [-0.25, -0.2) is 0 Å². The Balaban J connectivity index is 2.91. The highest BCUT2D eigenvalue weighted by atomic mass is 16.6. The Morgan fingerprint density at radius 2 is 2.26 bits per heavy atom. The molecule has 0 aliphatic heterocycles. The molecule has 0 saturated heterocycles. The van der Waals surface area contributed by atoms with Crippen LogP contribution in [0, 0.1) is 21.4 Å². The van der Waals surface area contributed by atoms with Crippen LogP contribution >= 0.6 is 0 Å². The van der Waals surface area contributed by atoms with Gasteiger partial charge in [0.05, 0.1) is 29.7 Å². The lowest BCUT2D eigenvalue weighted by molar-refractivity contribution is -0.384. The minimum absolute atomic E-state index is 0.137. The van der Waals surface area contributed by atoms with E-state index in [1.54, 1.807) is 11.9 Å². The Bertz CT molecular complexity index is 536. The normalized spacial score (nSPS) is 9.53. The summed E-state index contributed by atoms with van der Waals surface area (Å²) in [6, 6.07) is 5.94. The second-order valence-corrected chi connectivity index (χ2v) is 3.82. The van der Waals surface area contributed by atoms with Crippen LogP contribution in [0.25, 0.3) is 0 Å². The molecule has 0 heterocycles. The molecule has 0 saturated carbocycles. The minimum Gasteiger partial charge on any atom is -0.469 e. The van der Waals surface area contributed by atoms with Gasteiger partial charge in [-0.15, -0.1) is 0 Å². The fourth-order valence-corrected chi connectivity index (χ4v) is 1.54. The van der Waals surface area contributed by atoms with Crippen LogP contribution in [0.2, 0.25) is 0 Å². The SMILES string of the molecule is COC(=O)CCN(C)c1ccc([N+](=O)[O-])cc1C#N. The number of rotatable bonds is 5. The van der Waals surface area contributed by atoms with E-state index in [-0.39, 0.29) is 23.6 Å². The monoisotopic (exact) mass is 263 g/mol. The number of carbonyl (C=O) groups is 1. The van der Waals surface area contributed by atoms with Crippen LogP contribution < -0.4 is 4.90 Å². The maximum atomic E-state index is 11.0. The Morgan fingerprint density at radius 1 is 1.58 bits per heavy atom. The predicted molar refractivity (Wildman–Crippen MR) is 67.7 cm³/mol. The van der Waals surface area contributed by atoms with E-state index in [9.17, 15) is 14.9 Å². The number of methoxy groups -OCH3 is 1. The number of nitriles is 1. The number of carbonyl (C=O) groups excluding carboxylic acids is 1. The Morgan fingerprint density at radius 3 is 2.79 bits per heavy atom. The minimum atomic E-state index is -0.556. The second-order valence-electron chi connectivity index (χ2n) is 3.82. The standard InChI is InChI=1S/C12H13N3O4/c1-14(6-5-12(16)19-2)11-4-3-10(15(17)18)7-9(11)8-13/h3-4,7H,5-6H2,1-2H3. The van der Waals surface area contributed by atoms with Gasteiger partial charge in [0.2, 0.25) is 0 Å². The molecule has 0 fully saturated rings. The smallest absolute Gasteiger partial charge is 0.307 e. The topological polar surface area (TPSA) is 96.5 Å². The fraction of sp³-hybridized carbons (Fsp3) is 0.333. The van der Waals surface area contributed by atoms with E-state index in [2.05, 4.69) is 4.74 Å². The molecular weight excluding hydrogens is 250 g/mol. The Hall–Kier alpha value is -2.62. The van der Waals surface area contributed by atoms with E-state index < -0.39 is 4.92 Å². The molecule has 0 unspecified atom stereocenters. The molecule has 0 radical (unpaired) electrons. The van der Waals surface area contributed by atoms with Crippen LogP contribution in [0.4, 0.5) is 11.4 Å². The van der Waals surface area contributed by atoms with Crippen LogP contribution in [-0.2, 0) is 9.53 Å². The fourth-order valence-electron chi connectivity index (χ4n) is 1.54. The van der Waals surface area contributed by atoms with Gasteiger partial charge in [-0.2, -0.15) is 5.26 Å². The van der Waals surface area contributed by atoms with Crippen molar-refractivity contribution in [2.45, 2.75) is 6.42 Å². The molecule has 7 heteroatoms. The maximum absolute atomic E-state index is 11.0. The number of nitro benzene ring substituents is 1. The van der Waals surface area contributed by atoms with E-state index in [4.69, 9.17) is 5.26 Å². The van der Waals surface area contributed by atoms with Gasteiger partial charge < -0.3 is 9.64 Å². The number of hydrogen-bond donors (Lipinski definition) is 0. The lowest BCUT2D eigenvalue weighted by atomic mass is 10.1. The second kappa shape index (κ2) is 6.35. The summed E-state index contributed by atoms with van der Waals surface area (Å²) in [6.07, 6.45) is 0.175. The summed E-state index contributed by atoms with van der Waals surface area (Å²) < 4.78 is 4.52. The molecule has 0 aliphatic carbocycles. The third-order valence-corrected chi connectivity index (χ3v) is 2.60. The summed E-state index contributed by atoms with van der Waals surface area (Å²) in [5, 5.41) is 19.6. The van der Waals surface area contributed by atoms with Crippen molar-refractivity contribution in [3.05, 3.63) is 33.9 Å². The van der Waals surface area contributed by atoms with Crippen molar-refractivity contribution in [2.75, 3.05) is 25.6 Å². The van der Waals surface area contributed by atoms with Gasteiger partial charge in [-0.1, -0.05) is 0 Å². The predicted octanol–water partition coefficient (Wildman–Crippen LogP) is 1.47. The maximum Gasteiger partial charge on any atom is 0.307 e. The van der Waals surface area contributed by atoms with Crippen LogP contribution in [0.5, 0.6) is 0 Å². The van der Waals surface area contributed by atoms with Crippen LogP contribution in [0.1, 0.15) is 12.0 Å².